The van der Waals surface area contributed by atoms with E-state index in [1.54, 1.807) is 36.7 Å². The summed E-state index contributed by atoms with van der Waals surface area (Å²) in [7, 11) is 1.50. The third kappa shape index (κ3) is 4.86. The largest absolute Gasteiger partial charge is 0.493 e. The van der Waals surface area contributed by atoms with Crippen molar-refractivity contribution in [1.29, 1.82) is 5.26 Å². The fraction of sp³-hybridized carbons (Fsp3) is 0.125. The zero-order chi connectivity index (χ0) is 18.2. The number of non-ortho nitro benzene ring substituents is 1. The first-order valence-electron chi connectivity index (χ1n) is 6.95. The first-order valence-corrected chi connectivity index (χ1v) is 8.18. The van der Waals surface area contributed by atoms with Gasteiger partial charge in [0.25, 0.3) is 5.69 Å². The van der Waals surface area contributed by atoms with Crippen LogP contribution in [-0.2, 0) is 0 Å². The van der Waals surface area contributed by atoms with E-state index in [9.17, 15) is 10.1 Å². The number of hydrogen-bond donors (Lipinski definition) is 1. The van der Waals surface area contributed by atoms with Crippen LogP contribution in [0.1, 0.15) is 0 Å². The van der Waals surface area contributed by atoms with Crippen LogP contribution in [0.4, 0.5) is 11.4 Å². The predicted molar refractivity (Wildman–Crippen MR) is 95.5 cm³/mol. The number of rotatable bonds is 5. The van der Waals surface area contributed by atoms with Gasteiger partial charge in [-0.1, -0.05) is 23.9 Å². The first kappa shape index (κ1) is 18.1. The lowest BCUT2D eigenvalue weighted by molar-refractivity contribution is -0.384. The average molecular weight is 358 g/mol. The van der Waals surface area contributed by atoms with E-state index < -0.39 is 4.92 Å². The van der Waals surface area contributed by atoms with Crippen LogP contribution in [0.25, 0.3) is 0 Å². The second kappa shape index (κ2) is 8.56. The summed E-state index contributed by atoms with van der Waals surface area (Å²) in [6.07, 6.45) is 3.49. The number of hydrogen-bond acceptors (Lipinski definition) is 7. The molecule has 8 nitrogen and oxygen atoms in total. The number of aliphatic imine (C=N–C) groups is 1. The molecule has 128 valence electrons. The van der Waals surface area contributed by atoms with Gasteiger partial charge in [-0.3, -0.25) is 15.4 Å². The molecule has 0 aromatic heterocycles. The summed E-state index contributed by atoms with van der Waals surface area (Å²) in [6, 6.07) is 11.1. The number of thioether (sulfide) groups is 1. The molecule has 9 heteroatoms. The maximum Gasteiger partial charge on any atom is 0.275 e. The van der Waals surface area contributed by atoms with Gasteiger partial charge in [-0.15, -0.1) is 0 Å². The molecule has 0 saturated carbocycles. The summed E-state index contributed by atoms with van der Waals surface area (Å²) < 4.78 is 10.9. The smallest absolute Gasteiger partial charge is 0.275 e. The van der Waals surface area contributed by atoms with E-state index >= 15 is 0 Å². The Labute approximate surface area is 148 Å². The SMILES string of the molecule is COc1ccccc1Oc1cc(N=C(NC#N)SC)cc([N+](=O)[O-])c1. The average Bonchev–Trinajstić information content (AvgIpc) is 2.61. The molecule has 0 saturated heterocycles. The predicted octanol–water partition coefficient (Wildman–Crippen LogP) is 3.82. The van der Waals surface area contributed by atoms with Crippen LogP contribution in [0, 0.1) is 21.6 Å². The van der Waals surface area contributed by atoms with Gasteiger partial charge in [0.2, 0.25) is 0 Å². The highest BCUT2D eigenvalue weighted by Crippen LogP contribution is 2.35. The second-order valence-electron chi connectivity index (χ2n) is 4.55. The number of para-hydroxylation sites is 2. The minimum atomic E-state index is -0.537. The van der Waals surface area contributed by atoms with Crippen molar-refractivity contribution >= 4 is 28.3 Å². The number of benzene rings is 2. The van der Waals surface area contributed by atoms with Gasteiger partial charge < -0.3 is 9.47 Å². The normalized spacial score (nSPS) is 10.7. The van der Waals surface area contributed by atoms with Crippen LogP contribution in [-0.4, -0.2) is 23.5 Å². The Morgan fingerprint density at radius 2 is 2.04 bits per heavy atom. The Morgan fingerprint density at radius 1 is 1.32 bits per heavy atom. The third-order valence-electron chi connectivity index (χ3n) is 2.97. The highest BCUT2D eigenvalue weighted by atomic mass is 32.2. The molecular formula is C16H14N4O4S. The topological polar surface area (TPSA) is 110 Å². The third-order valence-corrected chi connectivity index (χ3v) is 3.55. The maximum atomic E-state index is 11.2. The molecule has 0 bridgehead atoms. The van der Waals surface area contributed by atoms with E-state index in [4.69, 9.17) is 14.7 Å². The van der Waals surface area contributed by atoms with Crippen molar-refractivity contribution in [2.45, 2.75) is 0 Å². The monoisotopic (exact) mass is 358 g/mol. The minimum Gasteiger partial charge on any atom is -0.493 e. The van der Waals surface area contributed by atoms with Crippen molar-refractivity contribution in [2.75, 3.05) is 13.4 Å². The van der Waals surface area contributed by atoms with Crippen molar-refractivity contribution in [3.8, 4) is 23.4 Å². The van der Waals surface area contributed by atoms with Gasteiger partial charge in [-0.2, -0.15) is 5.26 Å². The Hall–Kier alpha value is -3.25. The second-order valence-corrected chi connectivity index (χ2v) is 5.35. The summed E-state index contributed by atoms with van der Waals surface area (Å²) in [4.78, 5) is 14.8. The maximum absolute atomic E-state index is 11.2. The van der Waals surface area contributed by atoms with Crippen molar-refractivity contribution in [3.63, 3.8) is 0 Å². The van der Waals surface area contributed by atoms with Crippen LogP contribution in [0.15, 0.2) is 47.5 Å². The molecule has 0 aliphatic rings. The molecule has 0 radical (unpaired) electrons. The summed E-state index contributed by atoms with van der Waals surface area (Å²) in [5.41, 5.74) is 0.106. The molecule has 0 fully saturated rings. The number of nitrogens with zero attached hydrogens (tertiary/aromatic N) is 3. The molecule has 0 aliphatic carbocycles. The van der Waals surface area contributed by atoms with E-state index in [-0.39, 0.29) is 17.1 Å². The molecule has 0 amide bonds. The highest BCUT2D eigenvalue weighted by molar-refractivity contribution is 8.13. The molecule has 2 aromatic rings. The molecule has 0 heterocycles. The van der Waals surface area contributed by atoms with Crippen LogP contribution >= 0.6 is 11.8 Å². The van der Waals surface area contributed by atoms with Gasteiger partial charge in [0, 0.05) is 12.1 Å². The molecule has 1 N–H and O–H groups in total. The summed E-state index contributed by atoms with van der Waals surface area (Å²) >= 11 is 1.21. The highest BCUT2D eigenvalue weighted by Gasteiger charge is 2.13. The molecule has 0 aliphatic heterocycles. The lowest BCUT2D eigenvalue weighted by atomic mass is 10.2. The number of ether oxygens (including phenoxy) is 2. The fourth-order valence-electron chi connectivity index (χ4n) is 1.92. The number of nitro benzene ring substituents is 1. The lowest BCUT2D eigenvalue weighted by Crippen LogP contribution is -2.12. The zero-order valence-corrected chi connectivity index (χ0v) is 14.2. The molecular weight excluding hydrogens is 344 g/mol. The van der Waals surface area contributed by atoms with Crippen LogP contribution < -0.4 is 14.8 Å². The Kier molecular flexibility index (Phi) is 6.20. The number of methoxy groups -OCH3 is 1. The van der Waals surface area contributed by atoms with Crippen molar-refractivity contribution in [1.82, 2.24) is 5.32 Å². The van der Waals surface area contributed by atoms with Gasteiger partial charge in [-0.05, 0) is 18.4 Å². The molecule has 2 aromatic carbocycles. The molecule has 0 unspecified atom stereocenters. The van der Waals surface area contributed by atoms with Crippen LogP contribution in [0.3, 0.4) is 0 Å². The number of nitriles is 1. The van der Waals surface area contributed by atoms with E-state index in [0.29, 0.717) is 16.7 Å². The minimum absolute atomic E-state index is 0.177. The van der Waals surface area contributed by atoms with Crippen LogP contribution in [0.2, 0.25) is 0 Å². The summed E-state index contributed by atoms with van der Waals surface area (Å²) in [5.74, 6) is 1.14. The van der Waals surface area contributed by atoms with Gasteiger partial charge in [0.1, 0.15) is 5.75 Å². The number of amidine groups is 1. The Morgan fingerprint density at radius 3 is 2.64 bits per heavy atom. The lowest BCUT2D eigenvalue weighted by Gasteiger charge is -2.10. The van der Waals surface area contributed by atoms with Crippen molar-refractivity contribution in [2.24, 2.45) is 4.99 Å². The summed E-state index contributed by atoms with van der Waals surface area (Å²) in [6.45, 7) is 0. The molecule has 2 rings (SSSR count). The standard InChI is InChI=1S/C16H14N4O4S/c1-23-14-5-3-4-6-15(14)24-13-8-11(7-12(9-13)20(21)22)19-16(25-2)18-10-17/h3-9H,1-2H3,(H,18,19). The van der Waals surface area contributed by atoms with Gasteiger partial charge in [0.05, 0.1) is 23.8 Å². The number of nitro groups is 1. The van der Waals surface area contributed by atoms with Gasteiger partial charge in [-0.25, -0.2) is 4.99 Å². The Bertz CT molecular complexity index is 848. The summed E-state index contributed by atoms with van der Waals surface area (Å²) in [5, 5.41) is 22.6. The van der Waals surface area contributed by atoms with Crippen molar-refractivity contribution in [3.05, 3.63) is 52.6 Å². The molecule has 25 heavy (non-hydrogen) atoms. The zero-order valence-electron chi connectivity index (χ0n) is 13.4. The van der Waals surface area contributed by atoms with E-state index in [2.05, 4.69) is 10.3 Å². The fourth-order valence-corrected chi connectivity index (χ4v) is 2.26. The number of nitrogens with one attached hydrogen (secondary N) is 1. The first-order chi connectivity index (χ1) is 12.1. The quantitative estimate of drug-likeness (QED) is 0.216. The molecule has 0 spiro atoms. The molecule has 0 atom stereocenters. The van der Waals surface area contributed by atoms with Crippen molar-refractivity contribution < 1.29 is 14.4 Å². The van der Waals surface area contributed by atoms with Gasteiger partial charge in [0.15, 0.2) is 22.9 Å². The Balaban J connectivity index is 2.44. The van der Waals surface area contributed by atoms with Gasteiger partial charge >= 0.3 is 0 Å². The van der Waals surface area contributed by atoms with E-state index in [1.165, 1.54) is 37.1 Å². The van der Waals surface area contributed by atoms with E-state index in [0.717, 1.165) is 0 Å². The van der Waals surface area contributed by atoms with Crippen LogP contribution in [0.5, 0.6) is 17.2 Å². The van der Waals surface area contributed by atoms with E-state index in [1.807, 2.05) is 0 Å².